The summed E-state index contributed by atoms with van der Waals surface area (Å²) in [4.78, 5) is 15.2. The van der Waals surface area contributed by atoms with Gasteiger partial charge in [-0.3, -0.25) is 4.90 Å². The summed E-state index contributed by atoms with van der Waals surface area (Å²) < 4.78 is 0. The van der Waals surface area contributed by atoms with Crippen molar-refractivity contribution in [3.05, 3.63) is 46.3 Å². The normalized spacial score (nSPS) is 19.8. The largest absolute Gasteiger partial charge is 0.363 e. The lowest BCUT2D eigenvalue weighted by Crippen LogP contribution is -2.44. The summed E-state index contributed by atoms with van der Waals surface area (Å²) in [6.07, 6.45) is 4.35. The number of halogens is 1. The van der Waals surface area contributed by atoms with Gasteiger partial charge >= 0.3 is 0 Å². The predicted molar refractivity (Wildman–Crippen MR) is 139 cm³/mol. The highest BCUT2D eigenvalue weighted by atomic mass is 127. The van der Waals surface area contributed by atoms with Crippen molar-refractivity contribution in [2.45, 2.75) is 32.4 Å². The number of anilines is 1. The van der Waals surface area contributed by atoms with Crippen LogP contribution in [0.1, 0.15) is 36.2 Å². The van der Waals surface area contributed by atoms with E-state index in [9.17, 15) is 0 Å². The average molecular weight is 543 g/mol. The molecule has 0 aromatic carbocycles. The Morgan fingerprint density at radius 3 is 2.87 bits per heavy atom. The van der Waals surface area contributed by atoms with Crippen LogP contribution in [-0.4, -0.2) is 56.6 Å². The zero-order valence-electron chi connectivity index (χ0n) is 18.5. The van der Waals surface area contributed by atoms with Crippen LogP contribution in [0.4, 0.5) is 5.82 Å². The van der Waals surface area contributed by atoms with Gasteiger partial charge in [-0.25, -0.2) is 9.98 Å². The summed E-state index contributed by atoms with van der Waals surface area (Å²) in [5.74, 6) is 2.42. The number of piperidine rings is 1. The van der Waals surface area contributed by atoms with Crippen molar-refractivity contribution >= 4 is 47.1 Å². The highest BCUT2D eigenvalue weighted by Crippen LogP contribution is 2.36. The fourth-order valence-corrected chi connectivity index (χ4v) is 4.91. The fourth-order valence-electron chi connectivity index (χ4n) is 3.93. The van der Waals surface area contributed by atoms with E-state index in [2.05, 4.69) is 58.1 Å². The van der Waals surface area contributed by atoms with Crippen LogP contribution in [0, 0.1) is 5.92 Å². The number of aromatic nitrogens is 1. The SMILES string of the molecule is CCNC(=NCc1ccnc(N(C)C)c1)NCC1CCCN(C)C1c1cccs1.I. The summed E-state index contributed by atoms with van der Waals surface area (Å²) in [5, 5.41) is 9.18. The van der Waals surface area contributed by atoms with Crippen LogP contribution < -0.4 is 15.5 Å². The number of nitrogens with zero attached hydrogens (tertiary/aromatic N) is 4. The van der Waals surface area contributed by atoms with Gasteiger partial charge < -0.3 is 15.5 Å². The zero-order chi connectivity index (χ0) is 20.6. The minimum Gasteiger partial charge on any atom is -0.363 e. The van der Waals surface area contributed by atoms with Crippen LogP contribution in [0.5, 0.6) is 0 Å². The Bertz CT molecular complexity index is 780. The van der Waals surface area contributed by atoms with Gasteiger partial charge in [-0.2, -0.15) is 0 Å². The van der Waals surface area contributed by atoms with Crippen LogP contribution in [0.3, 0.4) is 0 Å². The third kappa shape index (κ3) is 6.81. The molecule has 2 aromatic heterocycles. The second kappa shape index (κ2) is 12.5. The van der Waals surface area contributed by atoms with Crippen LogP contribution >= 0.6 is 35.3 Å². The number of pyridine rings is 1. The number of nitrogens with one attached hydrogen (secondary N) is 2. The van der Waals surface area contributed by atoms with Gasteiger partial charge in [0.05, 0.1) is 6.54 Å². The zero-order valence-corrected chi connectivity index (χ0v) is 21.6. The molecule has 3 rings (SSSR count). The van der Waals surface area contributed by atoms with Crippen LogP contribution in [0.25, 0.3) is 0 Å². The average Bonchev–Trinajstić information content (AvgIpc) is 3.24. The number of aliphatic imine (C=N–C) groups is 1. The Hall–Kier alpha value is -1.39. The molecule has 0 bridgehead atoms. The molecule has 30 heavy (non-hydrogen) atoms. The molecule has 0 radical (unpaired) electrons. The summed E-state index contributed by atoms with van der Waals surface area (Å²) >= 11 is 1.87. The van der Waals surface area contributed by atoms with Crippen molar-refractivity contribution in [2.24, 2.45) is 10.9 Å². The topological polar surface area (TPSA) is 55.8 Å². The number of thiophene rings is 1. The standard InChI is InChI=1S/C22H34N6S.HI/c1-5-23-22(25-15-17-10-11-24-20(14-17)27(2)3)26-16-18-8-6-12-28(4)21(18)19-9-7-13-29-19;/h7,9-11,13-14,18,21H,5-6,8,12,15-16H2,1-4H3,(H2,23,25,26);1H. The molecule has 2 unspecified atom stereocenters. The molecule has 1 saturated heterocycles. The third-order valence-corrected chi connectivity index (χ3v) is 6.35. The lowest BCUT2D eigenvalue weighted by molar-refractivity contribution is 0.125. The van der Waals surface area contributed by atoms with Gasteiger partial charge in [0, 0.05) is 44.3 Å². The van der Waals surface area contributed by atoms with Crippen molar-refractivity contribution in [1.82, 2.24) is 20.5 Å². The summed E-state index contributed by atoms with van der Waals surface area (Å²) in [7, 11) is 6.26. The van der Waals surface area contributed by atoms with Gasteiger partial charge in [0.25, 0.3) is 0 Å². The minimum atomic E-state index is 0. The predicted octanol–water partition coefficient (Wildman–Crippen LogP) is 3.97. The van der Waals surface area contributed by atoms with E-state index >= 15 is 0 Å². The maximum Gasteiger partial charge on any atom is 0.191 e. The highest BCUT2D eigenvalue weighted by Gasteiger charge is 2.31. The number of guanidine groups is 1. The first-order valence-electron chi connectivity index (χ1n) is 10.5. The molecule has 0 saturated carbocycles. The minimum absolute atomic E-state index is 0. The number of rotatable bonds is 7. The summed E-state index contributed by atoms with van der Waals surface area (Å²) in [6, 6.07) is 9.05. The van der Waals surface area contributed by atoms with Gasteiger partial charge in [0.2, 0.25) is 0 Å². The van der Waals surface area contributed by atoms with E-state index in [0.717, 1.165) is 30.4 Å². The van der Waals surface area contributed by atoms with E-state index in [1.54, 1.807) is 0 Å². The first kappa shape index (κ1) is 24.9. The molecule has 6 nitrogen and oxygen atoms in total. The maximum absolute atomic E-state index is 4.81. The van der Waals surface area contributed by atoms with Crippen LogP contribution in [0.2, 0.25) is 0 Å². The second-order valence-electron chi connectivity index (χ2n) is 7.84. The molecule has 3 heterocycles. The Kier molecular flexibility index (Phi) is 10.3. The molecule has 1 aliphatic heterocycles. The van der Waals surface area contributed by atoms with E-state index in [-0.39, 0.29) is 24.0 Å². The van der Waals surface area contributed by atoms with Crippen LogP contribution in [0.15, 0.2) is 40.8 Å². The number of likely N-dealkylation sites (tertiary alicyclic amines) is 1. The summed E-state index contributed by atoms with van der Waals surface area (Å²) in [5.41, 5.74) is 1.16. The van der Waals surface area contributed by atoms with Crippen molar-refractivity contribution in [1.29, 1.82) is 0 Å². The van der Waals surface area contributed by atoms with Crippen LogP contribution in [-0.2, 0) is 6.54 Å². The van der Waals surface area contributed by atoms with Gasteiger partial charge in [-0.15, -0.1) is 35.3 Å². The van der Waals surface area contributed by atoms with Crippen molar-refractivity contribution in [3.63, 3.8) is 0 Å². The van der Waals surface area contributed by atoms with E-state index in [0.29, 0.717) is 18.5 Å². The van der Waals surface area contributed by atoms with E-state index in [1.807, 2.05) is 42.6 Å². The Balaban J connectivity index is 0.00000320. The molecule has 8 heteroatoms. The van der Waals surface area contributed by atoms with Crippen molar-refractivity contribution in [3.8, 4) is 0 Å². The quantitative estimate of drug-likeness (QED) is 0.315. The fraction of sp³-hybridized carbons (Fsp3) is 0.545. The molecule has 2 N–H and O–H groups in total. The Morgan fingerprint density at radius 2 is 2.17 bits per heavy atom. The molecule has 2 aromatic rings. The molecule has 166 valence electrons. The Morgan fingerprint density at radius 1 is 1.33 bits per heavy atom. The lowest BCUT2D eigenvalue weighted by Gasteiger charge is -2.39. The van der Waals surface area contributed by atoms with Crippen molar-refractivity contribution < 1.29 is 0 Å². The number of hydrogen-bond donors (Lipinski definition) is 2. The van der Waals surface area contributed by atoms with Gasteiger partial charge in [0.15, 0.2) is 5.96 Å². The molecule has 0 amide bonds. The molecule has 0 aliphatic carbocycles. The monoisotopic (exact) mass is 542 g/mol. The summed E-state index contributed by atoms with van der Waals surface area (Å²) in [6.45, 7) is 5.69. The maximum atomic E-state index is 4.81. The molecule has 1 fully saturated rings. The second-order valence-corrected chi connectivity index (χ2v) is 8.82. The molecule has 2 atom stereocenters. The van der Waals surface area contributed by atoms with E-state index in [4.69, 9.17) is 4.99 Å². The number of hydrogen-bond acceptors (Lipinski definition) is 5. The highest BCUT2D eigenvalue weighted by molar-refractivity contribution is 14.0. The third-order valence-electron chi connectivity index (χ3n) is 5.41. The first-order chi connectivity index (χ1) is 14.1. The van der Waals surface area contributed by atoms with Gasteiger partial charge in [-0.05, 0) is 68.4 Å². The first-order valence-corrected chi connectivity index (χ1v) is 11.3. The Labute approximate surface area is 202 Å². The molecular formula is C22H35IN6S. The van der Waals surface area contributed by atoms with Gasteiger partial charge in [0.1, 0.15) is 5.82 Å². The van der Waals surface area contributed by atoms with Gasteiger partial charge in [-0.1, -0.05) is 6.07 Å². The molecular weight excluding hydrogens is 507 g/mol. The molecule has 0 spiro atoms. The lowest BCUT2D eigenvalue weighted by atomic mass is 9.88. The van der Waals surface area contributed by atoms with E-state index in [1.165, 1.54) is 24.3 Å². The smallest absolute Gasteiger partial charge is 0.191 e. The van der Waals surface area contributed by atoms with Crippen molar-refractivity contribution in [2.75, 3.05) is 45.7 Å². The van der Waals surface area contributed by atoms with E-state index < -0.39 is 0 Å². The molecule has 1 aliphatic rings.